The van der Waals surface area contributed by atoms with E-state index >= 15 is 0 Å². The number of nitrogens with zero attached hydrogens (tertiary/aromatic N) is 1. The smallest absolute Gasteiger partial charge is 0.264 e. The molecule has 0 saturated carbocycles. The van der Waals surface area contributed by atoms with Gasteiger partial charge in [0.1, 0.15) is 5.82 Å². The first-order valence-electron chi connectivity index (χ1n) is 8.14. The van der Waals surface area contributed by atoms with Crippen LogP contribution < -0.4 is 15.4 Å². The second-order valence-electron chi connectivity index (χ2n) is 5.94. The summed E-state index contributed by atoms with van der Waals surface area (Å²) in [6, 6.07) is 11.8. The summed E-state index contributed by atoms with van der Waals surface area (Å²) in [6.45, 7) is 3.44. The number of hydrogen-bond acceptors (Lipinski definition) is 5. The zero-order chi connectivity index (χ0) is 20.3. The molecule has 2 aromatic carbocycles. The maximum Gasteiger partial charge on any atom is 0.264 e. The standard InChI is InChI=1S/C18H17FN4O3S2/c1-11-12(2)22-26-17(11)23-28(24,25)16-9-7-15(8-10-16)21-18(27)20-14-5-3-13(19)4-6-14/h3-10,23H,1-2H3,(H2,20,21,27). The molecule has 0 radical (unpaired) electrons. The number of aryl methyl sites for hydroxylation is 1. The number of hydrogen-bond donors (Lipinski definition) is 3. The molecule has 3 rings (SSSR count). The number of sulfonamides is 1. The van der Waals surface area contributed by atoms with Gasteiger partial charge in [-0.1, -0.05) is 5.16 Å². The van der Waals surface area contributed by atoms with E-state index < -0.39 is 10.0 Å². The van der Waals surface area contributed by atoms with Gasteiger partial charge in [-0.3, -0.25) is 0 Å². The second-order valence-corrected chi connectivity index (χ2v) is 8.03. The molecule has 0 aliphatic carbocycles. The van der Waals surface area contributed by atoms with Crippen molar-refractivity contribution in [1.82, 2.24) is 5.16 Å². The van der Waals surface area contributed by atoms with Crippen molar-refractivity contribution in [3.63, 3.8) is 0 Å². The van der Waals surface area contributed by atoms with Crippen molar-refractivity contribution in [2.45, 2.75) is 18.7 Å². The number of aromatic nitrogens is 1. The fourth-order valence-corrected chi connectivity index (χ4v) is 3.52. The van der Waals surface area contributed by atoms with Gasteiger partial charge in [0, 0.05) is 16.9 Å². The fraction of sp³-hybridized carbons (Fsp3) is 0.111. The Morgan fingerprint density at radius 3 is 2.04 bits per heavy atom. The van der Waals surface area contributed by atoms with Gasteiger partial charge in [-0.15, -0.1) is 0 Å². The molecule has 1 heterocycles. The van der Waals surface area contributed by atoms with Gasteiger partial charge in [-0.05, 0) is 74.6 Å². The highest BCUT2D eigenvalue weighted by Gasteiger charge is 2.19. The van der Waals surface area contributed by atoms with Crippen LogP contribution >= 0.6 is 12.2 Å². The second kappa shape index (κ2) is 7.95. The number of anilines is 3. The van der Waals surface area contributed by atoms with E-state index in [9.17, 15) is 12.8 Å². The van der Waals surface area contributed by atoms with Crippen LogP contribution in [0.4, 0.5) is 21.6 Å². The van der Waals surface area contributed by atoms with Crippen molar-refractivity contribution in [2.24, 2.45) is 0 Å². The Balaban J connectivity index is 1.66. The van der Waals surface area contributed by atoms with Crippen LogP contribution in [-0.4, -0.2) is 18.7 Å². The molecule has 0 saturated heterocycles. The van der Waals surface area contributed by atoms with Crippen LogP contribution in [0.3, 0.4) is 0 Å². The van der Waals surface area contributed by atoms with Gasteiger partial charge in [0.2, 0.25) is 5.88 Å². The van der Waals surface area contributed by atoms with Crippen LogP contribution in [0.1, 0.15) is 11.3 Å². The van der Waals surface area contributed by atoms with Crippen LogP contribution in [0.25, 0.3) is 0 Å². The molecular weight excluding hydrogens is 403 g/mol. The predicted molar refractivity (Wildman–Crippen MR) is 109 cm³/mol. The molecular formula is C18H17FN4O3S2. The van der Waals surface area contributed by atoms with Gasteiger partial charge in [0.15, 0.2) is 5.11 Å². The summed E-state index contributed by atoms with van der Waals surface area (Å²) in [6.07, 6.45) is 0. The van der Waals surface area contributed by atoms with E-state index in [2.05, 4.69) is 20.5 Å². The minimum absolute atomic E-state index is 0.0592. The summed E-state index contributed by atoms with van der Waals surface area (Å²) in [5.41, 5.74) is 2.45. The third-order valence-corrected chi connectivity index (χ3v) is 5.46. The van der Waals surface area contributed by atoms with Crippen LogP contribution in [0, 0.1) is 19.7 Å². The minimum Gasteiger partial charge on any atom is -0.337 e. The van der Waals surface area contributed by atoms with E-state index in [1.54, 1.807) is 38.1 Å². The molecule has 0 amide bonds. The van der Waals surface area contributed by atoms with E-state index in [1.807, 2.05) is 0 Å². The first kappa shape index (κ1) is 19.8. The van der Waals surface area contributed by atoms with Crippen molar-refractivity contribution in [1.29, 1.82) is 0 Å². The quantitative estimate of drug-likeness (QED) is 0.536. The van der Waals surface area contributed by atoms with Gasteiger partial charge in [-0.2, -0.15) is 0 Å². The molecule has 10 heteroatoms. The van der Waals surface area contributed by atoms with E-state index in [1.165, 1.54) is 24.3 Å². The van der Waals surface area contributed by atoms with Gasteiger partial charge >= 0.3 is 0 Å². The summed E-state index contributed by atoms with van der Waals surface area (Å²) < 4.78 is 45.2. The molecule has 3 N–H and O–H groups in total. The monoisotopic (exact) mass is 420 g/mol. The van der Waals surface area contributed by atoms with E-state index in [-0.39, 0.29) is 21.7 Å². The largest absolute Gasteiger partial charge is 0.337 e. The highest BCUT2D eigenvalue weighted by Crippen LogP contribution is 2.22. The molecule has 0 bridgehead atoms. The van der Waals surface area contributed by atoms with Crippen molar-refractivity contribution >= 4 is 44.6 Å². The number of benzene rings is 2. The van der Waals surface area contributed by atoms with E-state index in [0.29, 0.717) is 22.6 Å². The lowest BCUT2D eigenvalue weighted by Crippen LogP contribution is -2.19. The predicted octanol–water partition coefficient (Wildman–Crippen LogP) is 4.04. The average molecular weight is 420 g/mol. The third kappa shape index (κ3) is 4.65. The number of rotatable bonds is 5. The molecule has 7 nitrogen and oxygen atoms in total. The Kier molecular flexibility index (Phi) is 5.61. The lowest BCUT2D eigenvalue weighted by atomic mass is 10.3. The molecule has 28 heavy (non-hydrogen) atoms. The number of nitrogens with one attached hydrogen (secondary N) is 3. The number of thiocarbonyl (C=S) groups is 1. The van der Waals surface area contributed by atoms with Gasteiger partial charge < -0.3 is 15.2 Å². The fourth-order valence-electron chi connectivity index (χ4n) is 2.24. The summed E-state index contributed by atoms with van der Waals surface area (Å²) >= 11 is 5.19. The Bertz CT molecular complexity index is 1090. The topological polar surface area (TPSA) is 96.3 Å². The van der Waals surface area contributed by atoms with Crippen LogP contribution in [0.5, 0.6) is 0 Å². The Hall–Kier alpha value is -2.98. The molecule has 0 unspecified atom stereocenters. The highest BCUT2D eigenvalue weighted by atomic mass is 32.2. The molecule has 0 aliphatic rings. The number of halogens is 1. The zero-order valence-electron chi connectivity index (χ0n) is 15.0. The molecule has 3 aromatic rings. The van der Waals surface area contributed by atoms with Crippen LogP contribution in [0.2, 0.25) is 0 Å². The Labute approximate surface area is 167 Å². The SMILES string of the molecule is Cc1noc(NS(=O)(=O)c2ccc(NC(=S)Nc3ccc(F)cc3)cc2)c1C. The zero-order valence-corrected chi connectivity index (χ0v) is 16.6. The molecule has 0 atom stereocenters. The lowest BCUT2D eigenvalue weighted by Gasteiger charge is -2.11. The van der Waals surface area contributed by atoms with Crippen molar-refractivity contribution in [3.05, 3.63) is 65.6 Å². The average Bonchev–Trinajstić information content (AvgIpc) is 2.96. The third-order valence-electron chi connectivity index (χ3n) is 3.91. The maximum atomic E-state index is 12.9. The normalized spacial score (nSPS) is 11.1. The minimum atomic E-state index is -3.82. The van der Waals surface area contributed by atoms with E-state index in [4.69, 9.17) is 16.7 Å². The van der Waals surface area contributed by atoms with Gasteiger partial charge in [-0.25, -0.2) is 17.5 Å². The Morgan fingerprint density at radius 1 is 1.00 bits per heavy atom. The first-order chi connectivity index (χ1) is 13.2. The molecule has 0 fully saturated rings. The first-order valence-corrected chi connectivity index (χ1v) is 10.0. The maximum absolute atomic E-state index is 12.9. The van der Waals surface area contributed by atoms with Gasteiger partial charge in [0.25, 0.3) is 10.0 Å². The van der Waals surface area contributed by atoms with Crippen molar-refractivity contribution in [2.75, 3.05) is 15.4 Å². The summed E-state index contributed by atoms with van der Waals surface area (Å²) in [4.78, 5) is 0.0592. The molecule has 0 aliphatic heterocycles. The molecule has 0 spiro atoms. The highest BCUT2D eigenvalue weighted by molar-refractivity contribution is 7.92. The van der Waals surface area contributed by atoms with Crippen LogP contribution in [-0.2, 0) is 10.0 Å². The van der Waals surface area contributed by atoms with Gasteiger partial charge in [0.05, 0.1) is 10.6 Å². The summed E-state index contributed by atoms with van der Waals surface area (Å²) in [7, 11) is -3.82. The summed E-state index contributed by atoms with van der Waals surface area (Å²) in [5, 5.41) is 9.85. The summed E-state index contributed by atoms with van der Waals surface area (Å²) in [5.74, 6) is -0.255. The molecule has 146 valence electrons. The van der Waals surface area contributed by atoms with Crippen molar-refractivity contribution in [3.8, 4) is 0 Å². The lowest BCUT2D eigenvalue weighted by molar-refractivity contribution is 0.430. The van der Waals surface area contributed by atoms with Crippen molar-refractivity contribution < 1.29 is 17.3 Å². The molecule has 1 aromatic heterocycles. The Morgan fingerprint density at radius 2 is 1.54 bits per heavy atom. The van der Waals surface area contributed by atoms with E-state index in [0.717, 1.165) is 0 Å². The van der Waals surface area contributed by atoms with Crippen LogP contribution in [0.15, 0.2) is 57.9 Å².